The van der Waals surface area contributed by atoms with Crippen LogP contribution in [0.25, 0.3) is 21.3 Å². The van der Waals surface area contributed by atoms with Crippen molar-refractivity contribution in [2.75, 3.05) is 18.0 Å². The number of thiophene rings is 1. The van der Waals surface area contributed by atoms with Gasteiger partial charge in [0.25, 0.3) is 5.56 Å². The first kappa shape index (κ1) is 22.1. The maximum Gasteiger partial charge on any atom is 0.270 e. The smallest absolute Gasteiger partial charge is 0.270 e. The molecule has 1 aliphatic heterocycles. The van der Waals surface area contributed by atoms with Crippen LogP contribution in [0.15, 0.2) is 34.4 Å². The van der Waals surface area contributed by atoms with Crippen molar-refractivity contribution >= 4 is 33.4 Å². The predicted octanol–water partition coefficient (Wildman–Crippen LogP) is 4.87. The molecular weight excluding hydrogens is 432 g/mol. The number of benzene rings is 1. The monoisotopic (exact) mass is 464 g/mol. The van der Waals surface area contributed by atoms with E-state index in [-0.39, 0.29) is 17.4 Å². The highest BCUT2D eigenvalue weighted by atomic mass is 32.1. The molecule has 7 heteroatoms. The van der Waals surface area contributed by atoms with Crippen molar-refractivity contribution in [3.8, 4) is 11.1 Å². The van der Waals surface area contributed by atoms with Crippen molar-refractivity contribution in [2.24, 2.45) is 11.8 Å². The summed E-state index contributed by atoms with van der Waals surface area (Å²) in [5.74, 6) is 1.19. The Morgan fingerprint density at radius 2 is 1.94 bits per heavy atom. The lowest BCUT2D eigenvalue weighted by Gasteiger charge is -2.35. The number of nitrogens with one attached hydrogen (secondary N) is 2. The number of aryl methyl sites for hydroxylation is 1. The van der Waals surface area contributed by atoms with Crippen LogP contribution < -0.4 is 15.8 Å². The molecule has 6 nitrogen and oxygen atoms in total. The number of amides is 1. The number of anilines is 1. The molecule has 2 fully saturated rings. The molecule has 3 heterocycles. The molecule has 3 aromatic rings. The van der Waals surface area contributed by atoms with Crippen LogP contribution in [0.2, 0.25) is 0 Å². The van der Waals surface area contributed by atoms with E-state index in [1.807, 2.05) is 5.38 Å². The largest absolute Gasteiger partial charge is 0.353 e. The van der Waals surface area contributed by atoms with E-state index in [4.69, 9.17) is 4.98 Å². The number of piperidine rings is 1. The average Bonchev–Trinajstić information content (AvgIpc) is 3.26. The molecule has 0 bridgehead atoms. The fourth-order valence-corrected chi connectivity index (χ4v) is 6.13. The molecule has 174 valence electrons. The zero-order valence-electron chi connectivity index (χ0n) is 19.4. The van der Waals surface area contributed by atoms with E-state index < -0.39 is 0 Å². The van der Waals surface area contributed by atoms with Crippen LogP contribution in [0.1, 0.15) is 51.0 Å². The third-order valence-corrected chi connectivity index (χ3v) is 8.28. The van der Waals surface area contributed by atoms with Crippen LogP contribution in [-0.4, -0.2) is 35.0 Å². The Morgan fingerprint density at radius 1 is 1.15 bits per heavy atom. The summed E-state index contributed by atoms with van der Waals surface area (Å²) < 4.78 is 0.645. The lowest BCUT2D eigenvalue weighted by Crippen LogP contribution is -2.48. The molecule has 0 radical (unpaired) electrons. The van der Waals surface area contributed by atoms with Crippen molar-refractivity contribution in [1.82, 2.24) is 15.3 Å². The highest BCUT2D eigenvalue weighted by molar-refractivity contribution is 7.17. The zero-order chi connectivity index (χ0) is 22.9. The first-order valence-corrected chi connectivity index (χ1v) is 13.0. The number of hydrogen-bond donors (Lipinski definition) is 2. The van der Waals surface area contributed by atoms with Gasteiger partial charge >= 0.3 is 0 Å². The summed E-state index contributed by atoms with van der Waals surface area (Å²) in [5, 5.41) is 5.34. The number of carbonyl (C=O) groups is 1. The molecule has 5 rings (SSSR count). The van der Waals surface area contributed by atoms with Crippen LogP contribution in [0.4, 0.5) is 5.95 Å². The second-order valence-electron chi connectivity index (χ2n) is 9.74. The van der Waals surface area contributed by atoms with E-state index in [1.54, 1.807) is 0 Å². The molecule has 2 aromatic heterocycles. The topological polar surface area (TPSA) is 78.1 Å². The third-order valence-electron chi connectivity index (χ3n) is 7.31. The Bertz CT molecular complexity index is 1200. The van der Waals surface area contributed by atoms with Crippen LogP contribution in [-0.2, 0) is 4.79 Å². The summed E-state index contributed by atoms with van der Waals surface area (Å²) in [4.78, 5) is 35.9. The Kier molecular flexibility index (Phi) is 6.23. The second-order valence-corrected chi connectivity index (χ2v) is 10.6. The maximum atomic E-state index is 13.1. The van der Waals surface area contributed by atoms with E-state index in [1.165, 1.54) is 36.2 Å². The van der Waals surface area contributed by atoms with Crippen LogP contribution in [0, 0.1) is 18.8 Å². The molecule has 1 saturated carbocycles. The van der Waals surface area contributed by atoms with Gasteiger partial charge in [-0.05, 0) is 44.1 Å². The summed E-state index contributed by atoms with van der Waals surface area (Å²) in [6.07, 6.45) is 6.52. The summed E-state index contributed by atoms with van der Waals surface area (Å²) in [6.45, 7) is 5.69. The number of H-pyrrole nitrogens is 1. The van der Waals surface area contributed by atoms with Gasteiger partial charge in [-0.1, -0.05) is 49.6 Å². The number of carbonyl (C=O) groups excluding carboxylic acids is 1. The number of nitrogens with zero attached hydrogens (tertiary/aromatic N) is 2. The molecular formula is C26H32N4O2S. The molecule has 1 saturated heterocycles. The molecule has 1 aliphatic carbocycles. The standard InChI is InChI=1S/C26H32N4O2S/c1-16-9-11-18(12-10-16)20-15-33-23-22(20)28-26(29-25(23)32)30-13-5-7-19(14-30)24(31)27-21-8-4-3-6-17(21)2/h9-12,15,17,19,21H,3-8,13-14H2,1-2H3,(H,27,31)(H,28,29,32)/t17-,19-,21-/m0/s1. The van der Waals surface area contributed by atoms with E-state index >= 15 is 0 Å². The average molecular weight is 465 g/mol. The summed E-state index contributed by atoms with van der Waals surface area (Å²) >= 11 is 1.43. The minimum absolute atomic E-state index is 0.0760. The SMILES string of the molecule is Cc1ccc(-c2csc3c(=O)[nH]c(N4CCC[C@H](C(=O)N[C@H]5CCCC[C@@H]5C)C4)nc23)cc1. The Morgan fingerprint density at radius 3 is 2.73 bits per heavy atom. The van der Waals surface area contributed by atoms with Gasteiger partial charge in [0.2, 0.25) is 11.9 Å². The van der Waals surface area contributed by atoms with Gasteiger partial charge in [0.05, 0.1) is 11.4 Å². The second kappa shape index (κ2) is 9.29. The van der Waals surface area contributed by atoms with Crippen LogP contribution >= 0.6 is 11.3 Å². The highest BCUT2D eigenvalue weighted by Crippen LogP contribution is 2.32. The van der Waals surface area contributed by atoms with Crippen molar-refractivity contribution in [3.05, 3.63) is 45.6 Å². The number of hydrogen-bond acceptors (Lipinski definition) is 5. The molecule has 33 heavy (non-hydrogen) atoms. The van der Waals surface area contributed by atoms with Gasteiger partial charge in [-0.15, -0.1) is 11.3 Å². The van der Waals surface area contributed by atoms with E-state index in [9.17, 15) is 9.59 Å². The van der Waals surface area contributed by atoms with Crippen molar-refractivity contribution < 1.29 is 4.79 Å². The normalized spacial score (nSPS) is 23.6. The highest BCUT2D eigenvalue weighted by Gasteiger charge is 2.30. The third kappa shape index (κ3) is 4.56. The van der Waals surface area contributed by atoms with Crippen molar-refractivity contribution in [1.29, 1.82) is 0 Å². The van der Waals surface area contributed by atoms with E-state index in [0.717, 1.165) is 42.5 Å². The van der Waals surface area contributed by atoms with Crippen LogP contribution in [0.5, 0.6) is 0 Å². The molecule has 1 amide bonds. The lowest BCUT2D eigenvalue weighted by atomic mass is 9.85. The molecule has 0 unspecified atom stereocenters. The number of aromatic amines is 1. The van der Waals surface area contributed by atoms with Crippen molar-refractivity contribution in [2.45, 2.75) is 58.4 Å². The van der Waals surface area contributed by atoms with Gasteiger partial charge in [-0.25, -0.2) is 4.98 Å². The molecule has 0 spiro atoms. The minimum Gasteiger partial charge on any atom is -0.353 e. The first-order chi connectivity index (χ1) is 16.0. The Labute approximate surface area is 198 Å². The van der Waals surface area contributed by atoms with Crippen LogP contribution in [0.3, 0.4) is 0 Å². The number of aromatic nitrogens is 2. The van der Waals surface area contributed by atoms with E-state index in [2.05, 4.69) is 53.3 Å². The van der Waals surface area contributed by atoms with Crippen molar-refractivity contribution in [3.63, 3.8) is 0 Å². The van der Waals surface area contributed by atoms with Gasteiger partial charge < -0.3 is 10.2 Å². The van der Waals surface area contributed by atoms with Gasteiger partial charge in [0.15, 0.2) is 0 Å². The predicted molar refractivity (Wildman–Crippen MR) is 135 cm³/mol. The summed E-state index contributed by atoms with van der Waals surface area (Å²) in [6, 6.07) is 8.60. The summed E-state index contributed by atoms with van der Waals surface area (Å²) in [7, 11) is 0. The molecule has 2 aliphatic rings. The Balaban J connectivity index is 1.38. The minimum atomic E-state index is -0.110. The quantitative estimate of drug-likeness (QED) is 0.577. The zero-order valence-corrected chi connectivity index (χ0v) is 20.2. The molecule has 2 N–H and O–H groups in total. The van der Waals surface area contributed by atoms with Gasteiger partial charge in [0.1, 0.15) is 4.70 Å². The maximum absolute atomic E-state index is 13.1. The van der Waals surface area contributed by atoms with Gasteiger partial charge in [-0.3, -0.25) is 14.6 Å². The Hall–Kier alpha value is -2.67. The number of rotatable bonds is 4. The summed E-state index contributed by atoms with van der Waals surface area (Å²) in [5.41, 5.74) is 3.88. The molecule has 3 atom stereocenters. The fraction of sp³-hybridized carbons (Fsp3) is 0.500. The van der Waals surface area contributed by atoms with E-state index in [0.29, 0.717) is 29.2 Å². The first-order valence-electron chi connectivity index (χ1n) is 12.1. The molecule has 1 aromatic carbocycles. The van der Waals surface area contributed by atoms with Gasteiger partial charge in [-0.2, -0.15) is 0 Å². The van der Waals surface area contributed by atoms with Gasteiger partial charge in [0, 0.05) is 30.1 Å². The fourth-order valence-electron chi connectivity index (χ4n) is 5.22. The lowest BCUT2D eigenvalue weighted by molar-refractivity contribution is -0.126. The number of fused-ring (bicyclic) bond motifs is 1.